The first-order chi connectivity index (χ1) is 12.6. The summed E-state index contributed by atoms with van der Waals surface area (Å²) in [6.45, 7) is 2.64. The molecule has 1 atom stereocenters. The van der Waals surface area contributed by atoms with Crippen molar-refractivity contribution >= 4 is 15.7 Å². The second kappa shape index (κ2) is 8.47. The van der Waals surface area contributed by atoms with Crippen LogP contribution in [0.15, 0.2) is 59.5 Å². The number of carbonyl (C=O) groups is 1. The van der Waals surface area contributed by atoms with E-state index < -0.39 is 9.84 Å². The molecule has 2 N–H and O–H groups in total. The zero-order valence-corrected chi connectivity index (χ0v) is 15.5. The van der Waals surface area contributed by atoms with Crippen molar-refractivity contribution < 1.29 is 13.2 Å². The highest BCUT2D eigenvalue weighted by Gasteiger charge is 2.20. The summed E-state index contributed by atoms with van der Waals surface area (Å²) in [4.78, 5) is 12.8. The molecule has 1 heterocycles. The molecule has 1 unspecified atom stereocenters. The van der Waals surface area contributed by atoms with Crippen molar-refractivity contribution in [3.63, 3.8) is 0 Å². The van der Waals surface area contributed by atoms with E-state index in [2.05, 4.69) is 10.6 Å². The molecule has 0 radical (unpaired) electrons. The normalized spacial score (nSPS) is 17.2. The van der Waals surface area contributed by atoms with Crippen LogP contribution in [0.3, 0.4) is 0 Å². The number of nitrogens with one attached hydrogen (secondary N) is 2. The van der Waals surface area contributed by atoms with Crippen LogP contribution < -0.4 is 10.6 Å². The van der Waals surface area contributed by atoms with Gasteiger partial charge in [-0.25, -0.2) is 8.42 Å². The van der Waals surface area contributed by atoms with Crippen LogP contribution in [0.1, 0.15) is 28.8 Å². The van der Waals surface area contributed by atoms with E-state index in [1.807, 2.05) is 0 Å². The van der Waals surface area contributed by atoms with Crippen molar-refractivity contribution in [1.29, 1.82) is 0 Å². The Kier molecular flexibility index (Phi) is 6.06. The van der Waals surface area contributed by atoms with Crippen LogP contribution in [0, 0.1) is 5.92 Å². The molecule has 5 nitrogen and oxygen atoms in total. The fourth-order valence-electron chi connectivity index (χ4n) is 3.23. The number of hydrogen-bond acceptors (Lipinski definition) is 4. The van der Waals surface area contributed by atoms with Crippen LogP contribution in [0.25, 0.3) is 0 Å². The summed E-state index contributed by atoms with van der Waals surface area (Å²) < 4.78 is 25.3. The monoisotopic (exact) mass is 372 g/mol. The van der Waals surface area contributed by atoms with E-state index in [0.29, 0.717) is 23.6 Å². The molecule has 138 valence electrons. The molecule has 26 heavy (non-hydrogen) atoms. The third kappa shape index (κ3) is 4.71. The lowest BCUT2D eigenvalue weighted by Gasteiger charge is -2.12. The maximum absolute atomic E-state index is 12.6. The van der Waals surface area contributed by atoms with E-state index in [1.54, 1.807) is 54.6 Å². The van der Waals surface area contributed by atoms with Gasteiger partial charge in [-0.2, -0.15) is 0 Å². The van der Waals surface area contributed by atoms with E-state index in [0.717, 1.165) is 25.9 Å². The van der Waals surface area contributed by atoms with Gasteiger partial charge >= 0.3 is 0 Å². The van der Waals surface area contributed by atoms with Crippen LogP contribution in [0.5, 0.6) is 0 Å². The summed E-state index contributed by atoms with van der Waals surface area (Å²) in [5.74, 6) is 0.200. The van der Waals surface area contributed by atoms with E-state index in [4.69, 9.17) is 0 Å². The number of carbonyl (C=O) groups excluding carboxylic acids is 1. The molecule has 1 aliphatic rings. The van der Waals surface area contributed by atoms with E-state index in [9.17, 15) is 13.2 Å². The summed E-state index contributed by atoms with van der Waals surface area (Å²) in [6, 6.07) is 15.2. The summed E-state index contributed by atoms with van der Waals surface area (Å²) >= 11 is 0. The van der Waals surface area contributed by atoms with Crippen molar-refractivity contribution in [1.82, 2.24) is 10.6 Å². The largest absolute Gasteiger partial charge is 0.352 e. The van der Waals surface area contributed by atoms with E-state index in [1.165, 1.54) is 0 Å². The highest BCUT2D eigenvalue weighted by Crippen LogP contribution is 2.19. The molecule has 0 spiro atoms. The molecular weight excluding hydrogens is 348 g/mol. The third-order valence-electron chi connectivity index (χ3n) is 4.71. The number of sulfone groups is 1. The quantitative estimate of drug-likeness (QED) is 0.783. The van der Waals surface area contributed by atoms with Gasteiger partial charge < -0.3 is 10.6 Å². The van der Waals surface area contributed by atoms with Gasteiger partial charge in [0.05, 0.1) is 10.6 Å². The lowest BCUT2D eigenvalue weighted by molar-refractivity contribution is 0.0951. The summed E-state index contributed by atoms with van der Waals surface area (Å²) in [7, 11) is -3.49. The van der Waals surface area contributed by atoms with Gasteiger partial charge in [-0.1, -0.05) is 36.4 Å². The average molecular weight is 372 g/mol. The second-order valence-corrected chi connectivity index (χ2v) is 8.62. The molecule has 3 rings (SSSR count). The summed E-state index contributed by atoms with van der Waals surface area (Å²) in [5.41, 5.74) is 0.952. The van der Waals surface area contributed by atoms with Crippen LogP contribution in [-0.2, 0) is 15.6 Å². The molecule has 0 aromatic heterocycles. The van der Waals surface area contributed by atoms with Gasteiger partial charge in [0.25, 0.3) is 5.91 Å². The van der Waals surface area contributed by atoms with Gasteiger partial charge in [0, 0.05) is 12.1 Å². The van der Waals surface area contributed by atoms with E-state index >= 15 is 0 Å². The van der Waals surface area contributed by atoms with Crippen molar-refractivity contribution in [3.05, 3.63) is 65.7 Å². The Labute approximate surface area is 154 Å². The highest BCUT2D eigenvalue weighted by molar-refractivity contribution is 7.90. The Morgan fingerprint density at radius 1 is 1.08 bits per heavy atom. The first-order valence-electron chi connectivity index (χ1n) is 8.91. The molecule has 1 aliphatic heterocycles. The van der Waals surface area contributed by atoms with Gasteiger partial charge in [0.1, 0.15) is 0 Å². The standard InChI is InChI=1S/C20H24N2O3S/c23-20(22-13-11-16-10-12-21-14-16)19-9-5-4-6-17(19)15-26(24,25)18-7-2-1-3-8-18/h1-9,16,21H,10-15H2,(H,22,23). The molecular formula is C20H24N2O3S. The van der Waals surface area contributed by atoms with Crippen LogP contribution in [0.2, 0.25) is 0 Å². The van der Waals surface area contributed by atoms with Crippen LogP contribution in [0.4, 0.5) is 0 Å². The SMILES string of the molecule is O=C(NCCC1CCNC1)c1ccccc1CS(=O)(=O)c1ccccc1. The average Bonchev–Trinajstić information content (AvgIpc) is 3.16. The Bertz CT molecular complexity index is 844. The van der Waals surface area contributed by atoms with Crippen molar-refractivity contribution in [2.45, 2.75) is 23.5 Å². The molecule has 6 heteroatoms. The molecule has 1 fully saturated rings. The minimum absolute atomic E-state index is 0.187. The first kappa shape index (κ1) is 18.6. The minimum atomic E-state index is -3.49. The molecule has 0 bridgehead atoms. The maximum atomic E-state index is 12.6. The van der Waals surface area contributed by atoms with Gasteiger partial charge in [-0.3, -0.25) is 4.79 Å². The lowest BCUT2D eigenvalue weighted by Crippen LogP contribution is -2.27. The summed E-state index contributed by atoms with van der Waals surface area (Å²) in [5, 5.41) is 6.24. The molecule has 1 saturated heterocycles. The predicted octanol–water partition coefficient (Wildman–Crippen LogP) is 2.39. The number of benzene rings is 2. The minimum Gasteiger partial charge on any atom is -0.352 e. The predicted molar refractivity (Wildman–Crippen MR) is 102 cm³/mol. The van der Waals surface area contributed by atoms with Crippen LogP contribution >= 0.6 is 0 Å². The smallest absolute Gasteiger partial charge is 0.251 e. The lowest BCUT2D eigenvalue weighted by atomic mass is 10.0. The van der Waals surface area contributed by atoms with Gasteiger partial charge in [-0.05, 0) is 55.6 Å². The number of rotatable bonds is 7. The molecule has 0 saturated carbocycles. The van der Waals surface area contributed by atoms with Gasteiger partial charge in [-0.15, -0.1) is 0 Å². The number of hydrogen-bond donors (Lipinski definition) is 2. The summed E-state index contributed by atoms with van der Waals surface area (Å²) in [6.07, 6.45) is 2.07. The van der Waals surface area contributed by atoms with Gasteiger partial charge in [0.2, 0.25) is 0 Å². The van der Waals surface area contributed by atoms with Crippen molar-refractivity contribution in [3.8, 4) is 0 Å². The van der Waals surface area contributed by atoms with Crippen LogP contribution in [-0.4, -0.2) is 34.0 Å². The van der Waals surface area contributed by atoms with E-state index in [-0.39, 0.29) is 16.6 Å². The zero-order valence-electron chi connectivity index (χ0n) is 14.6. The van der Waals surface area contributed by atoms with Gasteiger partial charge in [0.15, 0.2) is 9.84 Å². The molecule has 0 aliphatic carbocycles. The third-order valence-corrected chi connectivity index (χ3v) is 6.39. The molecule has 2 aromatic rings. The maximum Gasteiger partial charge on any atom is 0.251 e. The Morgan fingerprint density at radius 2 is 1.81 bits per heavy atom. The Hall–Kier alpha value is -2.18. The van der Waals surface area contributed by atoms with Crippen molar-refractivity contribution in [2.75, 3.05) is 19.6 Å². The zero-order chi connectivity index (χ0) is 18.4. The Morgan fingerprint density at radius 3 is 2.54 bits per heavy atom. The topological polar surface area (TPSA) is 75.3 Å². The highest BCUT2D eigenvalue weighted by atomic mass is 32.2. The first-order valence-corrected chi connectivity index (χ1v) is 10.6. The molecule has 1 amide bonds. The van der Waals surface area contributed by atoms with Crippen molar-refractivity contribution in [2.24, 2.45) is 5.92 Å². The fraction of sp³-hybridized carbons (Fsp3) is 0.350. The number of amides is 1. The second-order valence-electron chi connectivity index (χ2n) is 6.63. The Balaban J connectivity index is 1.68. The molecule has 2 aromatic carbocycles. The fourth-order valence-corrected chi connectivity index (χ4v) is 4.63.